The van der Waals surface area contributed by atoms with Crippen molar-refractivity contribution >= 4 is 27.8 Å². The van der Waals surface area contributed by atoms with Crippen LogP contribution in [0.15, 0.2) is 140 Å². The average molecular weight is 580 g/mol. The third-order valence-corrected chi connectivity index (χ3v) is 12.0. The molecule has 4 fully saturated rings. The van der Waals surface area contributed by atoms with Crippen LogP contribution in [0.1, 0.15) is 43.2 Å². The van der Waals surface area contributed by atoms with E-state index >= 15 is 0 Å². The van der Waals surface area contributed by atoms with Crippen molar-refractivity contribution in [2.24, 2.45) is 23.7 Å². The van der Waals surface area contributed by atoms with Crippen LogP contribution in [-0.4, -0.2) is 0 Å². The number of hydrogen-bond donors (Lipinski definition) is 0. The Morgan fingerprint density at radius 2 is 1.04 bits per heavy atom. The molecule has 0 aromatic heterocycles. The van der Waals surface area contributed by atoms with Gasteiger partial charge in [0.05, 0.1) is 0 Å². The van der Waals surface area contributed by atoms with E-state index in [4.69, 9.17) is 0 Å². The SMILES string of the molecule is c1ccc(-c2cccc(N(c3ccc4c(c3)-c3ccccc3C43C4CC5CC(C4)CC3C5)c3ccc4ccccc4c3)c2)cc1. The van der Waals surface area contributed by atoms with Crippen molar-refractivity contribution in [3.8, 4) is 22.3 Å². The van der Waals surface area contributed by atoms with E-state index in [2.05, 4.69) is 144 Å². The van der Waals surface area contributed by atoms with Crippen LogP contribution in [0.25, 0.3) is 33.0 Å². The molecule has 1 heteroatoms. The van der Waals surface area contributed by atoms with Crippen LogP contribution < -0.4 is 4.90 Å². The normalized spacial score (nSPS) is 25.4. The molecule has 4 saturated carbocycles. The highest BCUT2D eigenvalue weighted by atomic mass is 15.1. The molecule has 0 heterocycles. The van der Waals surface area contributed by atoms with Gasteiger partial charge >= 0.3 is 0 Å². The van der Waals surface area contributed by atoms with E-state index in [9.17, 15) is 0 Å². The summed E-state index contributed by atoms with van der Waals surface area (Å²) >= 11 is 0. The molecular formula is C44H37N. The molecule has 0 amide bonds. The van der Waals surface area contributed by atoms with Crippen molar-refractivity contribution in [1.29, 1.82) is 0 Å². The van der Waals surface area contributed by atoms with Gasteiger partial charge in [-0.2, -0.15) is 0 Å². The molecule has 0 saturated heterocycles. The van der Waals surface area contributed by atoms with E-state index in [0.29, 0.717) is 0 Å². The van der Waals surface area contributed by atoms with Gasteiger partial charge in [-0.25, -0.2) is 0 Å². The maximum atomic E-state index is 2.54. The lowest BCUT2D eigenvalue weighted by molar-refractivity contribution is -0.0399. The Morgan fingerprint density at radius 1 is 0.422 bits per heavy atom. The fraction of sp³-hybridized carbons (Fsp3) is 0.227. The molecule has 6 aromatic carbocycles. The van der Waals surface area contributed by atoms with Gasteiger partial charge in [-0.15, -0.1) is 0 Å². The van der Waals surface area contributed by atoms with E-state index in [1.54, 1.807) is 11.1 Å². The molecule has 6 aromatic rings. The smallest absolute Gasteiger partial charge is 0.0468 e. The Labute approximate surface area is 266 Å². The van der Waals surface area contributed by atoms with Gasteiger partial charge in [0.1, 0.15) is 0 Å². The number of rotatable bonds is 4. The quantitative estimate of drug-likeness (QED) is 0.201. The third-order valence-electron chi connectivity index (χ3n) is 12.0. The van der Waals surface area contributed by atoms with Crippen LogP contribution in [-0.2, 0) is 5.41 Å². The summed E-state index contributed by atoms with van der Waals surface area (Å²) in [4.78, 5) is 2.48. The van der Waals surface area contributed by atoms with Gasteiger partial charge < -0.3 is 4.90 Å². The van der Waals surface area contributed by atoms with E-state index in [0.717, 1.165) is 23.7 Å². The summed E-state index contributed by atoms with van der Waals surface area (Å²) in [5.41, 5.74) is 12.4. The molecule has 45 heavy (non-hydrogen) atoms. The van der Waals surface area contributed by atoms with Gasteiger partial charge in [0.15, 0.2) is 0 Å². The predicted octanol–water partition coefficient (Wildman–Crippen LogP) is 11.7. The Balaban J connectivity index is 1.17. The fourth-order valence-corrected chi connectivity index (χ4v) is 10.5. The standard InChI is InChI=1S/C44H37N/c1-2-9-31(10-3-1)34-13-8-14-37(26-34)45(38-18-17-32-11-4-5-12-33(32)27-38)39-19-20-43-41(28-39)40-15-6-7-16-42(40)44(43)35-22-29-21-30(24-35)25-36(44)23-29/h1-20,26-30,35-36H,21-25H2. The monoisotopic (exact) mass is 579 g/mol. The first kappa shape index (κ1) is 25.7. The summed E-state index contributed by atoms with van der Waals surface area (Å²) in [7, 11) is 0. The maximum Gasteiger partial charge on any atom is 0.0468 e. The van der Waals surface area contributed by atoms with Crippen molar-refractivity contribution in [2.75, 3.05) is 4.90 Å². The number of fused-ring (bicyclic) bond motifs is 4. The van der Waals surface area contributed by atoms with E-state index in [1.807, 2.05) is 0 Å². The Bertz CT molecular complexity index is 2060. The second kappa shape index (κ2) is 9.69. The summed E-state index contributed by atoms with van der Waals surface area (Å²) in [6.45, 7) is 0. The highest BCUT2D eigenvalue weighted by Gasteiger charge is 2.61. The van der Waals surface area contributed by atoms with Gasteiger partial charge in [0.2, 0.25) is 0 Å². The zero-order chi connectivity index (χ0) is 29.5. The second-order valence-corrected chi connectivity index (χ2v) is 14.2. The molecule has 1 spiro atoms. The Hall–Kier alpha value is -4.62. The number of hydrogen-bond acceptors (Lipinski definition) is 1. The fourth-order valence-electron chi connectivity index (χ4n) is 10.5. The van der Waals surface area contributed by atoms with Gasteiger partial charge in [-0.3, -0.25) is 0 Å². The van der Waals surface area contributed by atoms with Crippen LogP contribution in [0.3, 0.4) is 0 Å². The third kappa shape index (κ3) is 3.73. The van der Waals surface area contributed by atoms with Crippen LogP contribution >= 0.6 is 0 Å². The van der Waals surface area contributed by atoms with Crippen molar-refractivity contribution < 1.29 is 0 Å². The molecule has 218 valence electrons. The highest BCUT2D eigenvalue weighted by Crippen LogP contribution is 2.69. The molecule has 4 bridgehead atoms. The molecule has 1 nitrogen and oxygen atoms in total. The lowest BCUT2D eigenvalue weighted by Crippen LogP contribution is -2.55. The van der Waals surface area contributed by atoms with Gasteiger partial charge in [-0.05, 0) is 136 Å². The molecule has 11 rings (SSSR count). The first-order valence-corrected chi connectivity index (χ1v) is 16.9. The van der Waals surface area contributed by atoms with E-state index in [1.165, 1.54) is 82.2 Å². The molecule has 0 N–H and O–H groups in total. The topological polar surface area (TPSA) is 3.24 Å². The van der Waals surface area contributed by atoms with Gasteiger partial charge in [0, 0.05) is 22.5 Å². The molecule has 0 aliphatic heterocycles. The summed E-state index contributed by atoms with van der Waals surface area (Å²) in [6.07, 6.45) is 7.14. The average Bonchev–Trinajstić information content (AvgIpc) is 3.38. The molecular weight excluding hydrogens is 542 g/mol. The largest absolute Gasteiger partial charge is 0.310 e. The summed E-state index contributed by atoms with van der Waals surface area (Å²) in [6, 6.07) is 52.4. The Morgan fingerprint density at radius 3 is 1.87 bits per heavy atom. The first-order chi connectivity index (χ1) is 22.3. The van der Waals surface area contributed by atoms with Crippen LogP contribution in [0.5, 0.6) is 0 Å². The van der Waals surface area contributed by atoms with Crippen LogP contribution in [0, 0.1) is 23.7 Å². The lowest BCUT2D eigenvalue weighted by atomic mass is 9.43. The molecule has 0 unspecified atom stereocenters. The second-order valence-electron chi connectivity index (χ2n) is 14.2. The minimum atomic E-state index is 0.193. The molecule has 0 atom stereocenters. The predicted molar refractivity (Wildman–Crippen MR) is 187 cm³/mol. The van der Waals surface area contributed by atoms with E-state index < -0.39 is 0 Å². The van der Waals surface area contributed by atoms with Gasteiger partial charge in [0.25, 0.3) is 0 Å². The maximum absolute atomic E-state index is 2.54. The first-order valence-electron chi connectivity index (χ1n) is 16.9. The minimum absolute atomic E-state index is 0.193. The van der Waals surface area contributed by atoms with Crippen molar-refractivity contribution in [3.05, 3.63) is 151 Å². The number of anilines is 3. The lowest BCUT2D eigenvalue weighted by Gasteiger charge is -2.61. The summed E-state index contributed by atoms with van der Waals surface area (Å²) in [5, 5.41) is 2.53. The van der Waals surface area contributed by atoms with E-state index in [-0.39, 0.29) is 5.41 Å². The minimum Gasteiger partial charge on any atom is -0.310 e. The van der Waals surface area contributed by atoms with Gasteiger partial charge in [-0.1, -0.05) is 103 Å². The van der Waals surface area contributed by atoms with Crippen molar-refractivity contribution in [2.45, 2.75) is 37.5 Å². The molecule has 5 aliphatic carbocycles. The van der Waals surface area contributed by atoms with Crippen molar-refractivity contribution in [1.82, 2.24) is 0 Å². The summed E-state index contributed by atoms with van der Waals surface area (Å²) in [5.74, 6) is 3.46. The Kier molecular flexibility index (Phi) is 5.53. The zero-order valence-corrected chi connectivity index (χ0v) is 25.6. The zero-order valence-electron chi connectivity index (χ0n) is 25.6. The highest BCUT2D eigenvalue weighted by molar-refractivity contribution is 5.92. The summed E-state index contributed by atoms with van der Waals surface area (Å²) < 4.78 is 0. The number of benzene rings is 6. The molecule has 0 radical (unpaired) electrons. The van der Waals surface area contributed by atoms with Crippen LogP contribution in [0.2, 0.25) is 0 Å². The molecule has 5 aliphatic rings. The van der Waals surface area contributed by atoms with Crippen LogP contribution in [0.4, 0.5) is 17.1 Å². The number of nitrogens with zero attached hydrogens (tertiary/aromatic N) is 1. The van der Waals surface area contributed by atoms with Crippen molar-refractivity contribution in [3.63, 3.8) is 0 Å².